The van der Waals surface area contributed by atoms with E-state index >= 15 is 0 Å². The molecular formula is C20H24N2O2. The van der Waals surface area contributed by atoms with Gasteiger partial charge in [-0.2, -0.15) is 0 Å². The van der Waals surface area contributed by atoms with E-state index in [4.69, 9.17) is 4.74 Å². The van der Waals surface area contributed by atoms with E-state index in [1.807, 2.05) is 24.3 Å². The Hall–Kier alpha value is -2.33. The van der Waals surface area contributed by atoms with Crippen LogP contribution in [0.1, 0.15) is 36.4 Å². The van der Waals surface area contributed by atoms with Gasteiger partial charge in [0.2, 0.25) is 0 Å². The lowest BCUT2D eigenvalue weighted by Gasteiger charge is -2.12. The van der Waals surface area contributed by atoms with Gasteiger partial charge in [0.1, 0.15) is 17.7 Å². The van der Waals surface area contributed by atoms with Crippen molar-refractivity contribution in [2.75, 3.05) is 6.61 Å². The molecule has 4 nitrogen and oxygen atoms in total. The third-order valence-corrected chi connectivity index (χ3v) is 4.05. The Morgan fingerprint density at radius 1 is 1.12 bits per heavy atom. The first-order chi connectivity index (χ1) is 11.5. The molecule has 0 bridgehead atoms. The molecular weight excluding hydrogens is 300 g/mol. The van der Waals surface area contributed by atoms with Gasteiger partial charge in [-0.3, -0.25) is 0 Å². The number of aliphatic hydroxyl groups is 1. The average Bonchev–Trinajstić information content (AvgIpc) is 2.90. The van der Waals surface area contributed by atoms with Gasteiger partial charge < -0.3 is 14.4 Å². The van der Waals surface area contributed by atoms with Gasteiger partial charge >= 0.3 is 0 Å². The van der Waals surface area contributed by atoms with Crippen LogP contribution in [-0.2, 0) is 6.54 Å². The highest BCUT2D eigenvalue weighted by Gasteiger charge is 2.14. The van der Waals surface area contributed by atoms with Crippen molar-refractivity contribution in [1.29, 1.82) is 0 Å². The zero-order valence-electron chi connectivity index (χ0n) is 14.5. The smallest absolute Gasteiger partial charge is 0.138 e. The monoisotopic (exact) mass is 324 g/mol. The minimum atomic E-state index is -0.585. The van der Waals surface area contributed by atoms with Crippen molar-refractivity contribution < 1.29 is 9.84 Å². The summed E-state index contributed by atoms with van der Waals surface area (Å²) in [5.41, 5.74) is 4.40. The maximum Gasteiger partial charge on any atom is 0.138 e. The van der Waals surface area contributed by atoms with Crippen molar-refractivity contribution in [3.63, 3.8) is 0 Å². The maximum atomic E-state index is 9.99. The van der Waals surface area contributed by atoms with E-state index in [-0.39, 0.29) is 0 Å². The summed E-state index contributed by atoms with van der Waals surface area (Å²) in [5, 5.41) is 9.99. The first-order valence-electron chi connectivity index (χ1n) is 8.39. The van der Waals surface area contributed by atoms with Gasteiger partial charge in [-0.15, -0.1) is 0 Å². The summed E-state index contributed by atoms with van der Waals surface area (Å²) < 4.78 is 7.97. The van der Waals surface area contributed by atoms with Crippen molar-refractivity contribution in [3.8, 4) is 5.75 Å². The highest BCUT2D eigenvalue weighted by molar-refractivity contribution is 5.75. The topological polar surface area (TPSA) is 47.3 Å². The molecule has 0 radical (unpaired) electrons. The molecule has 1 unspecified atom stereocenters. The third-order valence-electron chi connectivity index (χ3n) is 4.05. The van der Waals surface area contributed by atoms with Crippen LogP contribution in [-0.4, -0.2) is 21.3 Å². The predicted molar refractivity (Wildman–Crippen MR) is 96.4 cm³/mol. The molecule has 1 N–H and O–H groups in total. The Labute approximate surface area is 142 Å². The zero-order valence-corrected chi connectivity index (χ0v) is 14.5. The van der Waals surface area contributed by atoms with Gasteiger partial charge in [0.15, 0.2) is 0 Å². The second-order valence-corrected chi connectivity index (χ2v) is 6.31. The van der Waals surface area contributed by atoms with Gasteiger partial charge in [-0.05, 0) is 62.6 Å². The fourth-order valence-corrected chi connectivity index (χ4v) is 3.08. The highest BCUT2D eigenvalue weighted by atomic mass is 16.5. The normalized spacial score (nSPS) is 12.5. The molecule has 24 heavy (non-hydrogen) atoms. The number of para-hydroxylation sites is 2. The Balaban J connectivity index is 1.68. The van der Waals surface area contributed by atoms with Gasteiger partial charge in [-0.1, -0.05) is 18.2 Å². The largest absolute Gasteiger partial charge is 0.494 e. The number of nitrogens with zero attached hydrogens (tertiary/aromatic N) is 2. The van der Waals surface area contributed by atoms with E-state index in [2.05, 4.69) is 41.6 Å². The highest BCUT2D eigenvalue weighted by Crippen LogP contribution is 2.21. The summed E-state index contributed by atoms with van der Waals surface area (Å²) in [5.74, 6) is 1.63. The molecule has 0 saturated heterocycles. The second-order valence-electron chi connectivity index (χ2n) is 6.31. The summed E-state index contributed by atoms with van der Waals surface area (Å²) in [6.45, 7) is 7.31. The van der Waals surface area contributed by atoms with Crippen molar-refractivity contribution in [2.45, 2.75) is 39.8 Å². The molecule has 2 aromatic carbocycles. The van der Waals surface area contributed by atoms with Crippen LogP contribution < -0.4 is 4.74 Å². The fraction of sp³-hybridized carbons (Fsp3) is 0.350. The molecule has 0 aliphatic rings. The number of aromatic nitrogens is 2. The Kier molecular flexibility index (Phi) is 4.86. The van der Waals surface area contributed by atoms with Crippen LogP contribution in [0.4, 0.5) is 0 Å². The Morgan fingerprint density at radius 3 is 2.54 bits per heavy atom. The van der Waals surface area contributed by atoms with E-state index in [0.29, 0.717) is 12.4 Å². The molecule has 1 atom stereocenters. The lowest BCUT2D eigenvalue weighted by atomic mass is 10.1. The number of rotatable bonds is 6. The van der Waals surface area contributed by atoms with Crippen molar-refractivity contribution in [1.82, 2.24) is 9.55 Å². The first kappa shape index (κ1) is 16.5. The third kappa shape index (κ3) is 3.60. The molecule has 0 saturated carbocycles. The number of imidazole rings is 1. The number of aliphatic hydroxyl groups excluding tert-OH is 1. The summed E-state index contributed by atoms with van der Waals surface area (Å²) >= 11 is 0. The molecule has 3 aromatic rings. The molecule has 0 aliphatic heterocycles. The molecule has 0 amide bonds. The van der Waals surface area contributed by atoms with Crippen LogP contribution in [0.5, 0.6) is 5.75 Å². The minimum Gasteiger partial charge on any atom is -0.494 e. The van der Waals surface area contributed by atoms with Crippen LogP contribution in [0.25, 0.3) is 11.0 Å². The summed E-state index contributed by atoms with van der Waals surface area (Å²) in [4.78, 5) is 4.54. The summed E-state index contributed by atoms with van der Waals surface area (Å²) in [7, 11) is 0. The molecule has 0 aliphatic carbocycles. The predicted octanol–water partition coefficient (Wildman–Crippen LogP) is 4.18. The van der Waals surface area contributed by atoms with E-state index < -0.39 is 6.10 Å². The van der Waals surface area contributed by atoms with E-state index in [9.17, 15) is 5.11 Å². The number of aryl methyl sites for hydroxylation is 3. The molecule has 1 heterocycles. The summed E-state index contributed by atoms with van der Waals surface area (Å²) in [6.07, 6.45) is 0.269. The van der Waals surface area contributed by atoms with Crippen molar-refractivity contribution in [3.05, 3.63) is 59.4 Å². The van der Waals surface area contributed by atoms with Gasteiger partial charge in [-0.25, -0.2) is 4.98 Å². The quantitative estimate of drug-likeness (QED) is 0.692. The molecule has 3 rings (SSSR count). The van der Waals surface area contributed by atoms with Crippen LogP contribution in [0, 0.1) is 13.8 Å². The van der Waals surface area contributed by atoms with Crippen LogP contribution >= 0.6 is 0 Å². The summed E-state index contributed by atoms with van der Waals surface area (Å²) in [6, 6.07) is 14.2. The van der Waals surface area contributed by atoms with Crippen LogP contribution in [0.15, 0.2) is 42.5 Å². The number of benzene rings is 2. The van der Waals surface area contributed by atoms with Gasteiger partial charge in [0.05, 0.1) is 17.6 Å². The number of ether oxygens (including phenoxy) is 1. The van der Waals surface area contributed by atoms with E-state index in [0.717, 1.165) is 29.7 Å². The Bertz CT molecular complexity index is 817. The van der Waals surface area contributed by atoms with Crippen molar-refractivity contribution >= 4 is 11.0 Å². The zero-order chi connectivity index (χ0) is 17.1. The molecule has 4 heteroatoms. The number of hydrogen-bond acceptors (Lipinski definition) is 3. The average molecular weight is 324 g/mol. The fourth-order valence-electron chi connectivity index (χ4n) is 3.08. The van der Waals surface area contributed by atoms with Crippen LogP contribution in [0.3, 0.4) is 0 Å². The minimum absolute atomic E-state index is 0.585. The maximum absolute atomic E-state index is 9.99. The molecule has 126 valence electrons. The lowest BCUT2D eigenvalue weighted by molar-refractivity contribution is 0.183. The van der Waals surface area contributed by atoms with E-state index in [1.165, 1.54) is 11.1 Å². The number of hydrogen-bond donors (Lipinski definition) is 1. The first-order valence-corrected chi connectivity index (χ1v) is 8.39. The van der Waals surface area contributed by atoms with Gasteiger partial charge in [0, 0.05) is 6.54 Å². The van der Waals surface area contributed by atoms with Crippen LogP contribution in [0.2, 0.25) is 0 Å². The van der Waals surface area contributed by atoms with E-state index in [1.54, 1.807) is 6.92 Å². The molecule has 0 spiro atoms. The second kappa shape index (κ2) is 7.05. The lowest BCUT2D eigenvalue weighted by Crippen LogP contribution is -2.10. The number of fused-ring (bicyclic) bond motifs is 1. The SMILES string of the molecule is Cc1cc(C)cc(OCCCn2c(C(C)O)nc3ccccc32)c1. The standard InChI is InChI=1S/C20H24N2O2/c1-14-11-15(2)13-17(12-14)24-10-6-9-22-19-8-5-4-7-18(19)21-20(22)16(3)23/h4-5,7-8,11-13,16,23H,6,9-10H2,1-3H3. The molecule has 1 aromatic heterocycles. The Morgan fingerprint density at radius 2 is 1.83 bits per heavy atom. The molecule has 0 fully saturated rings. The van der Waals surface area contributed by atoms with Crippen molar-refractivity contribution in [2.24, 2.45) is 0 Å². The van der Waals surface area contributed by atoms with Gasteiger partial charge in [0.25, 0.3) is 0 Å².